The maximum Gasteiger partial charge on any atom is 0.762 e. The third-order valence-electron chi connectivity index (χ3n) is 3.20. The molecule has 4 rings (SSSR count). The number of aromatic nitrogens is 4. The number of pyridine rings is 1. The van der Waals surface area contributed by atoms with Crippen LogP contribution in [0.2, 0.25) is 0 Å². The molecular formula is C16H15BF4N4. The van der Waals surface area contributed by atoms with Gasteiger partial charge in [0.25, 0.3) is 0 Å². The molecule has 0 saturated carbocycles. The molecule has 0 aliphatic carbocycles. The predicted octanol–water partition coefficient (Wildman–Crippen LogP) is 0.679. The van der Waals surface area contributed by atoms with E-state index in [2.05, 4.69) is 28.6 Å². The second kappa shape index (κ2) is 8.77. The first kappa shape index (κ1) is 20.1. The van der Waals surface area contributed by atoms with E-state index in [0.717, 1.165) is 11.3 Å². The highest BCUT2D eigenvalue weighted by atomic mass is 19.4. The molecule has 0 saturated heterocycles. The molecule has 0 aliphatic heterocycles. The van der Waals surface area contributed by atoms with Crippen molar-refractivity contribution in [1.29, 1.82) is 0 Å². The molecule has 0 bridgehead atoms. The molecule has 0 unspecified atom stereocenters. The summed E-state index contributed by atoms with van der Waals surface area (Å²) >= 11 is 0. The molecule has 2 heterocycles. The Kier molecular flexibility index (Phi) is 7.04. The van der Waals surface area contributed by atoms with Crippen LogP contribution < -0.4 is 9.22 Å². The molecule has 2 aromatic heterocycles. The SMILES string of the molecule is C.FB(F)F.[F-].c1ccc(-n2nnc3cc4ccccc4c[n+]32)cc1. The smallest absolute Gasteiger partial charge is 0.762 e. The van der Waals surface area contributed by atoms with Crippen molar-refractivity contribution in [2.75, 3.05) is 0 Å². The lowest BCUT2D eigenvalue weighted by atomic mass is 10.2. The predicted molar refractivity (Wildman–Crippen MR) is 87.8 cm³/mol. The Morgan fingerprint density at radius 1 is 0.880 bits per heavy atom. The summed E-state index contributed by atoms with van der Waals surface area (Å²) in [7, 11) is -3.67. The van der Waals surface area contributed by atoms with E-state index >= 15 is 0 Å². The van der Waals surface area contributed by atoms with Gasteiger partial charge in [-0.05, 0) is 22.3 Å². The molecular weight excluding hydrogens is 335 g/mol. The molecule has 130 valence electrons. The number of fused-ring (bicyclic) bond motifs is 2. The van der Waals surface area contributed by atoms with Gasteiger partial charge in [0, 0.05) is 11.5 Å². The largest absolute Gasteiger partial charge is 1.00 e. The number of hydrogen-bond acceptors (Lipinski definition) is 2. The van der Waals surface area contributed by atoms with Crippen molar-refractivity contribution in [2.45, 2.75) is 7.43 Å². The highest BCUT2D eigenvalue weighted by Gasteiger charge is 2.14. The van der Waals surface area contributed by atoms with Crippen molar-refractivity contribution >= 4 is 24.0 Å². The first-order chi connectivity index (χ1) is 11.1. The van der Waals surface area contributed by atoms with Gasteiger partial charge in [-0.2, -0.15) is 0 Å². The van der Waals surface area contributed by atoms with E-state index in [1.807, 2.05) is 53.0 Å². The van der Waals surface area contributed by atoms with Crippen molar-refractivity contribution in [1.82, 2.24) is 15.1 Å². The summed E-state index contributed by atoms with van der Waals surface area (Å²) < 4.78 is 31.0. The Hall–Kier alpha value is -2.97. The summed E-state index contributed by atoms with van der Waals surface area (Å²) in [6.07, 6.45) is 2.05. The van der Waals surface area contributed by atoms with Gasteiger partial charge in [-0.25, -0.2) is 0 Å². The van der Waals surface area contributed by atoms with E-state index in [0.29, 0.717) is 0 Å². The van der Waals surface area contributed by atoms with Crippen molar-refractivity contribution < 1.29 is 22.2 Å². The first-order valence-electron chi connectivity index (χ1n) is 6.79. The maximum atomic E-state index is 9.67. The molecule has 25 heavy (non-hydrogen) atoms. The van der Waals surface area contributed by atoms with Crippen molar-refractivity contribution in [3.8, 4) is 5.69 Å². The third-order valence-corrected chi connectivity index (χ3v) is 3.20. The molecule has 0 radical (unpaired) electrons. The summed E-state index contributed by atoms with van der Waals surface area (Å²) in [6.45, 7) is 0. The Morgan fingerprint density at radius 2 is 1.44 bits per heavy atom. The minimum absolute atomic E-state index is 0. The molecule has 0 spiro atoms. The van der Waals surface area contributed by atoms with Crippen molar-refractivity contribution in [3.63, 3.8) is 0 Å². The zero-order valence-corrected chi connectivity index (χ0v) is 12.2. The number of tetrazole rings is 1. The Morgan fingerprint density at radius 3 is 2.08 bits per heavy atom. The Labute approximate surface area is 142 Å². The second-order valence-electron chi connectivity index (χ2n) is 4.67. The summed E-state index contributed by atoms with van der Waals surface area (Å²) in [5.41, 5.74) is 1.83. The van der Waals surface area contributed by atoms with Crippen LogP contribution in [0.3, 0.4) is 0 Å². The fraction of sp³-hybridized carbons (Fsp3) is 0.0625. The van der Waals surface area contributed by atoms with Gasteiger partial charge in [-0.3, -0.25) is 12.9 Å². The topological polar surface area (TPSA) is 34.8 Å². The van der Waals surface area contributed by atoms with E-state index in [-0.39, 0.29) is 12.1 Å². The molecule has 0 aliphatic rings. The first-order valence-corrected chi connectivity index (χ1v) is 6.79. The van der Waals surface area contributed by atoms with E-state index < -0.39 is 7.54 Å². The van der Waals surface area contributed by atoms with Gasteiger partial charge in [0.1, 0.15) is 17.0 Å². The van der Waals surface area contributed by atoms with Crippen LogP contribution in [0.4, 0.5) is 12.9 Å². The molecule has 0 atom stereocenters. The lowest BCUT2D eigenvalue weighted by Gasteiger charge is -1.98. The number of rotatable bonds is 1. The van der Waals surface area contributed by atoms with Crippen LogP contribution in [-0.2, 0) is 0 Å². The second-order valence-corrected chi connectivity index (χ2v) is 4.67. The molecule has 4 aromatic rings. The van der Waals surface area contributed by atoms with Crippen LogP contribution in [0.5, 0.6) is 0 Å². The number of nitrogens with zero attached hydrogens (tertiary/aromatic N) is 4. The summed E-state index contributed by atoms with van der Waals surface area (Å²) in [5.74, 6) is 0. The zero-order chi connectivity index (χ0) is 16.2. The van der Waals surface area contributed by atoms with Crippen LogP contribution >= 0.6 is 0 Å². The molecule has 0 amide bonds. The van der Waals surface area contributed by atoms with E-state index in [9.17, 15) is 12.9 Å². The van der Waals surface area contributed by atoms with Crippen LogP contribution in [-0.4, -0.2) is 22.7 Å². The van der Waals surface area contributed by atoms with Crippen LogP contribution in [0.1, 0.15) is 7.43 Å². The van der Waals surface area contributed by atoms with Gasteiger partial charge >= 0.3 is 13.2 Å². The van der Waals surface area contributed by atoms with Crippen LogP contribution in [0.15, 0.2) is 66.9 Å². The summed E-state index contributed by atoms with van der Waals surface area (Å²) in [6, 6.07) is 20.3. The van der Waals surface area contributed by atoms with Crippen LogP contribution in [0.25, 0.3) is 22.1 Å². The number of hydrogen-bond donors (Lipinski definition) is 0. The van der Waals surface area contributed by atoms with Gasteiger partial charge in [-0.1, -0.05) is 49.9 Å². The molecule has 9 heteroatoms. The van der Waals surface area contributed by atoms with Gasteiger partial charge in [0.2, 0.25) is 0 Å². The highest BCUT2D eigenvalue weighted by Crippen LogP contribution is 2.12. The Balaban J connectivity index is 0.000000476. The normalized spacial score (nSPS) is 9.56. The Bertz CT molecular complexity index is 928. The van der Waals surface area contributed by atoms with Gasteiger partial charge < -0.3 is 4.70 Å². The average Bonchev–Trinajstić information content (AvgIpc) is 2.96. The van der Waals surface area contributed by atoms with Gasteiger partial charge in [0.15, 0.2) is 5.21 Å². The maximum absolute atomic E-state index is 9.67. The monoisotopic (exact) mass is 350 g/mol. The highest BCUT2D eigenvalue weighted by molar-refractivity contribution is 6.33. The molecule has 0 N–H and O–H groups in total. The third kappa shape index (κ3) is 4.53. The van der Waals surface area contributed by atoms with Crippen LogP contribution in [0, 0.1) is 0 Å². The van der Waals surface area contributed by atoms with E-state index in [1.165, 1.54) is 10.8 Å². The summed E-state index contributed by atoms with van der Waals surface area (Å²) in [4.78, 5) is 1.79. The van der Waals surface area contributed by atoms with E-state index in [4.69, 9.17) is 0 Å². The number of halogens is 4. The fourth-order valence-corrected chi connectivity index (χ4v) is 2.26. The lowest BCUT2D eigenvalue weighted by Crippen LogP contribution is -3.00. The minimum atomic E-state index is -3.67. The zero-order valence-electron chi connectivity index (χ0n) is 12.2. The quantitative estimate of drug-likeness (QED) is 0.288. The molecule has 4 nitrogen and oxygen atoms in total. The lowest BCUT2D eigenvalue weighted by molar-refractivity contribution is -0.602. The van der Waals surface area contributed by atoms with Crippen molar-refractivity contribution in [2.24, 2.45) is 0 Å². The fourth-order valence-electron chi connectivity index (χ4n) is 2.26. The molecule has 0 fully saturated rings. The summed E-state index contributed by atoms with van der Waals surface area (Å²) in [5, 5.41) is 10.8. The van der Waals surface area contributed by atoms with Crippen molar-refractivity contribution in [3.05, 3.63) is 66.9 Å². The van der Waals surface area contributed by atoms with E-state index in [1.54, 1.807) is 4.80 Å². The number of benzene rings is 2. The van der Waals surface area contributed by atoms with Gasteiger partial charge in [0.05, 0.1) is 0 Å². The minimum Gasteiger partial charge on any atom is -1.00 e. The average molecular weight is 350 g/mol. The standard InChI is InChI=1S/C15H11N4.CH4.BF3.FH/c1-2-8-14(9-3-1)19-17-16-15-10-12-6-4-5-7-13(12)11-18(15)19;;2-1(3)4;/h1-11H;1H4;;1H/q+1;;;/p-1. The van der Waals surface area contributed by atoms with Gasteiger partial charge in [-0.15, -0.1) is 4.52 Å². The number of para-hydroxylation sites is 1. The molecule has 2 aromatic carbocycles.